The third kappa shape index (κ3) is 3.33. The van der Waals surface area contributed by atoms with Crippen LogP contribution >= 0.6 is 0 Å². The van der Waals surface area contributed by atoms with E-state index in [0.717, 1.165) is 18.2 Å². The summed E-state index contributed by atoms with van der Waals surface area (Å²) >= 11 is 0. The zero-order valence-corrected chi connectivity index (χ0v) is 10.2. The Morgan fingerprint density at radius 3 is 2.53 bits per heavy atom. The lowest BCUT2D eigenvalue weighted by molar-refractivity contribution is 0.353. The van der Waals surface area contributed by atoms with E-state index < -0.39 is 0 Å². The number of aromatic amines is 1. The molecule has 1 rings (SSSR count). The van der Waals surface area contributed by atoms with Gasteiger partial charge in [-0.05, 0) is 18.8 Å². The van der Waals surface area contributed by atoms with Gasteiger partial charge in [0.25, 0.3) is 0 Å². The Kier molecular flexibility index (Phi) is 5.37. The molecule has 0 amide bonds. The summed E-state index contributed by atoms with van der Waals surface area (Å²) < 4.78 is 0. The van der Waals surface area contributed by atoms with Gasteiger partial charge in [0.2, 0.25) is 0 Å². The van der Waals surface area contributed by atoms with Crippen molar-refractivity contribution in [1.29, 1.82) is 0 Å². The summed E-state index contributed by atoms with van der Waals surface area (Å²) in [7, 11) is 0. The van der Waals surface area contributed by atoms with Crippen LogP contribution < -0.4 is 0 Å². The quantitative estimate of drug-likeness (QED) is 0.746. The first-order valence-electron chi connectivity index (χ1n) is 6.19. The van der Waals surface area contributed by atoms with Gasteiger partial charge in [-0.2, -0.15) is 5.10 Å². The number of hydrogen-bond donors (Lipinski definition) is 1. The molecule has 15 heavy (non-hydrogen) atoms. The summed E-state index contributed by atoms with van der Waals surface area (Å²) in [5.74, 6) is 2.28. The molecule has 0 aliphatic carbocycles. The summed E-state index contributed by atoms with van der Waals surface area (Å²) in [6.07, 6.45) is 7.96. The third-order valence-electron chi connectivity index (χ3n) is 3.23. The molecular weight excluding hydrogens is 186 g/mol. The molecule has 0 saturated carbocycles. The topological polar surface area (TPSA) is 41.6 Å². The third-order valence-corrected chi connectivity index (χ3v) is 3.23. The van der Waals surface area contributed by atoms with Crippen LogP contribution in [0.15, 0.2) is 6.33 Å². The molecule has 0 aromatic carbocycles. The maximum atomic E-state index is 4.30. The van der Waals surface area contributed by atoms with Crippen LogP contribution in [0.5, 0.6) is 0 Å². The van der Waals surface area contributed by atoms with E-state index in [1.165, 1.54) is 25.7 Å². The van der Waals surface area contributed by atoms with Gasteiger partial charge < -0.3 is 0 Å². The van der Waals surface area contributed by atoms with Gasteiger partial charge in [-0.15, -0.1) is 0 Å². The molecule has 3 nitrogen and oxygen atoms in total. The van der Waals surface area contributed by atoms with Crippen LogP contribution in [0, 0.1) is 5.92 Å². The molecule has 1 aromatic heterocycles. The van der Waals surface area contributed by atoms with E-state index in [9.17, 15) is 0 Å². The summed E-state index contributed by atoms with van der Waals surface area (Å²) in [6.45, 7) is 6.76. The zero-order chi connectivity index (χ0) is 11.1. The second-order valence-electron chi connectivity index (χ2n) is 4.18. The second-order valence-corrected chi connectivity index (χ2v) is 4.18. The molecular formula is C12H23N3. The fourth-order valence-electron chi connectivity index (χ4n) is 2.28. The molecule has 0 fully saturated rings. The lowest BCUT2D eigenvalue weighted by Crippen LogP contribution is -2.13. The Morgan fingerprint density at radius 1 is 1.27 bits per heavy atom. The van der Waals surface area contributed by atoms with E-state index >= 15 is 0 Å². The first kappa shape index (κ1) is 12.2. The van der Waals surface area contributed by atoms with Gasteiger partial charge in [0, 0.05) is 5.92 Å². The number of H-pyrrole nitrogens is 1. The van der Waals surface area contributed by atoms with Gasteiger partial charge in [-0.1, -0.05) is 40.0 Å². The van der Waals surface area contributed by atoms with E-state index in [-0.39, 0.29) is 0 Å². The Balaban J connectivity index is 2.62. The van der Waals surface area contributed by atoms with Crippen LogP contribution in [0.25, 0.3) is 0 Å². The van der Waals surface area contributed by atoms with Crippen LogP contribution in [0.4, 0.5) is 0 Å². The summed E-state index contributed by atoms with van der Waals surface area (Å²) in [5, 5.41) is 7.05. The maximum absolute atomic E-state index is 4.30. The molecule has 0 radical (unpaired) electrons. The van der Waals surface area contributed by atoms with E-state index in [1.54, 1.807) is 6.33 Å². The number of nitrogens with zero attached hydrogens (tertiary/aromatic N) is 2. The standard InChI is InChI=1S/C12H23N3/c1-4-7-8-10(5-2)11(6-3)12-13-9-14-15-12/h9-11H,4-8H2,1-3H3,(H,13,14,15). The molecule has 2 unspecified atom stereocenters. The molecule has 0 aliphatic rings. The Hall–Kier alpha value is -0.860. The van der Waals surface area contributed by atoms with Crippen molar-refractivity contribution in [2.75, 3.05) is 0 Å². The van der Waals surface area contributed by atoms with E-state index in [1.807, 2.05) is 0 Å². The van der Waals surface area contributed by atoms with Crippen molar-refractivity contribution in [2.24, 2.45) is 5.92 Å². The molecule has 86 valence electrons. The van der Waals surface area contributed by atoms with Gasteiger partial charge in [-0.25, -0.2) is 4.98 Å². The lowest BCUT2D eigenvalue weighted by atomic mass is 9.83. The minimum absolute atomic E-state index is 0.535. The highest BCUT2D eigenvalue weighted by molar-refractivity contribution is 4.95. The summed E-state index contributed by atoms with van der Waals surface area (Å²) in [4.78, 5) is 4.30. The Labute approximate surface area is 92.7 Å². The Morgan fingerprint density at radius 2 is 2.07 bits per heavy atom. The molecule has 0 aliphatic heterocycles. The predicted molar refractivity (Wildman–Crippen MR) is 62.7 cm³/mol. The molecule has 1 heterocycles. The highest BCUT2D eigenvalue weighted by Crippen LogP contribution is 2.31. The van der Waals surface area contributed by atoms with Crippen LogP contribution in [-0.4, -0.2) is 15.2 Å². The average molecular weight is 209 g/mol. The maximum Gasteiger partial charge on any atom is 0.153 e. The largest absolute Gasteiger partial charge is 0.266 e. The average Bonchev–Trinajstić information content (AvgIpc) is 2.77. The SMILES string of the molecule is CCCCC(CC)C(CC)c1nc[nH]n1. The van der Waals surface area contributed by atoms with Crippen molar-refractivity contribution in [3.05, 3.63) is 12.2 Å². The normalized spacial score (nSPS) is 15.1. The monoisotopic (exact) mass is 209 g/mol. The van der Waals surface area contributed by atoms with Crippen LogP contribution in [0.1, 0.15) is 64.6 Å². The van der Waals surface area contributed by atoms with E-state index in [2.05, 4.69) is 36.0 Å². The smallest absolute Gasteiger partial charge is 0.153 e. The van der Waals surface area contributed by atoms with Crippen LogP contribution in [0.2, 0.25) is 0 Å². The predicted octanol–water partition coefficient (Wildman–Crippen LogP) is 3.51. The van der Waals surface area contributed by atoms with Gasteiger partial charge >= 0.3 is 0 Å². The van der Waals surface area contributed by atoms with Crippen molar-refractivity contribution in [2.45, 2.75) is 58.8 Å². The number of aromatic nitrogens is 3. The highest BCUT2D eigenvalue weighted by Gasteiger charge is 2.22. The number of nitrogens with one attached hydrogen (secondary N) is 1. The van der Waals surface area contributed by atoms with Gasteiger partial charge in [0.1, 0.15) is 6.33 Å². The first-order chi connectivity index (χ1) is 7.33. The summed E-state index contributed by atoms with van der Waals surface area (Å²) in [6, 6.07) is 0. The molecule has 1 N–H and O–H groups in total. The molecule has 2 atom stereocenters. The van der Waals surface area contributed by atoms with E-state index in [0.29, 0.717) is 5.92 Å². The zero-order valence-electron chi connectivity index (χ0n) is 10.2. The highest BCUT2D eigenvalue weighted by atomic mass is 15.2. The van der Waals surface area contributed by atoms with E-state index in [4.69, 9.17) is 0 Å². The van der Waals surface area contributed by atoms with Crippen molar-refractivity contribution in [3.63, 3.8) is 0 Å². The van der Waals surface area contributed by atoms with Crippen molar-refractivity contribution >= 4 is 0 Å². The minimum atomic E-state index is 0.535. The van der Waals surface area contributed by atoms with Gasteiger partial charge in [-0.3, -0.25) is 5.10 Å². The fraction of sp³-hybridized carbons (Fsp3) is 0.833. The molecule has 1 aromatic rings. The van der Waals surface area contributed by atoms with Crippen molar-refractivity contribution < 1.29 is 0 Å². The Bertz CT molecular complexity index is 243. The first-order valence-corrected chi connectivity index (χ1v) is 6.19. The fourth-order valence-corrected chi connectivity index (χ4v) is 2.28. The molecule has 0 saturated heterocycles. The van der Waals surface area contributed by atoms with Crippen molar-refractivity contribution in [3.8, 4) is 0 Å². The second kappa shape index (κ2) is 6.59. The number of unbranched alkanes of at least 4 members (excludes halogenated alkanes) is 1. The van der Waals surface area contributed by atoms with Crippen LogP contribution in [0.3, 0.4) is 0 Å². The lowest BCUT2D eigenvalue weighted by Gasteiger charge is -2.22. The molecule has 0 bridgehead atoms. The number of hydrogen-bond acceptors (Lipinski definition) is 2. The van der Waals surface area contributed by atoms with Gasteiger partial charge in [0.05, 0.1) is 0 Å². The van der Waals surface area contributed by atoms with Gasteiger partial charge in [0.15, 0.2) is 5.82 Å². The summed E-state index contributed by atoms with van der Waals surface area (Å²) in [5.41, 5.74) is 0. The minimum Gasteiger partial charge on any atom is -0.266 e. The molecule has 3 heteroatoms. The molecule has 0 spiro atoms. The van der Waals surface area contributed by atoms with Crippen LogP contribution in [-0.2, 0) is 0 Å². The van der Waals surface area contributed by atoms with Crippen molar-refractivity contribution in [1.82, 2.24) is 15.2 Å². The number of rotatable bonds is 7.